The predicted octanol–water partition coefficient (Wildman–Crippen LogP) is 2.14. The van der Waals surface area contributed by atoms with Crippen LogP contribution < -0.4 is 5.32 Å². The Bertz CT molecular complexity index is 497. The number of carbonyl (C=O) groups excluding carboxylic acids is 1. The largest absolute Gasteiger partial charge is 0.453 e. The summed E-state index contributed by atoms with van der Waals surface area (Å²) < 4.78 is 44.5. The van der Waals surface area contributed by atoms with Gasteiger partial charge >= 0.3 is 12.3 Å². The second-order valence-electron chi connectivity index (χ2n) is 4.62. The van der Waals surface area contributed by atoms with E-state index in [2.05, 4.69) is 15.2 Å². The summed E-state index contributed by atoms with van der Waals surface area (Å²) in [5.41, 5.74) is 0.155. The fourth-order valence-electron chi connectivity index (χ4n) is 2.42. The summed E-state index contributed by atoms with van der Waals surface area (Å²) in [4.78, 5) is 10.9. The summed E-state index contributed by atoms with van der Waals surface area (Å²) in [6.45, 7) is 0.381. The first kappa shape index (κ1) is 14.7. The van der Waals surface area contributed by atoms with Crippen molar-refractivity contribution in [2.24, 2.45) is 0 Å². The van der Waals surface area contributed by atoms with E-state index in [1.54, 1.807) is 0 Å². The van der Waals surface area contributed by atoms with Crippen molar-refractivity contribution in [1.29, 1.82) is 0 Å². The number of carbonyl (C=O) groups is 1. The molecule has 0 spiro atoms. The minimum Gasteiger partial charge on any atom is -0.453 e. The number of rotatable bonds is 3. The molecule has 0 aliphatic heterocycles. The molecule has 112 valence electrons. The Balaban J connectivity index is 2.16. The zero-order valence-electron chi connectivity index (χ0n) is 11.1. The minimum absolute atomic E-state index is 0.179. The fourth-order valence-corrected chi connectivity index (χ4v) is 2.42. The van der Waals surface area contributed by atoms with Crippen molar-refractivity contribution in [2.75, 3.05) is 13.7 Å². The van der Waals surface area contributed by atoms with Gasteiger partial charge in [0.1, 0.15) is 0 Å². The Morgan fingerprint density at radius 2 is 2.10 bits per heavy atom. The van der Waals surface area contributed by atoms with Crippen molar-refractivity contribution in [1.82, 2.24) is 15.1 Å². The van der Waals surface area contributed by atoms with Gasteiger partial charge in [0.05, 0.1) is 13.7 Å². The minimum atomic E-state index is -4.43. The van der Waals surface area contributed by atoms with Crippen LogP contribution in [0.25, 0.3) is 0 Å². The van der Waals surface area contributed by atoms with E-state index < -0.39 is 18.0 Å². The predicted molar refractivity (Wildman–Crippen MR) is 64.3 cm³/mol. The van der Waals surface area contributed by atoms with Crippen LogP contribution in [0.5, 0.6) is 0 Å². The fraction of sp³-hybridized carbons (Fsp3) is 0.667. The molecule has 0 saturated carbocycles. The van der Waals surface area contributed by atoms with Gasteiger partial charge in [0.25, 0.3) is 0 Å². The number of fused-ring (bicyclic) bond motifs is 1. The summed E-state index contributed by atoms with van der Waals surface area (Å²) >= 11 is 0. The molecular formula is C12H16F3N3O2. The van der Waals surface area contributed by atoms with Crippen LogP contribution in [0.2, 0.25) is 0 Å². The SMILES string of the molecule is COC(=O)NCCn1nc(C(F)(F)F)c2c1CCCC2. The zero-order chi connectivity index (χ0) is 14.8. The zero-order valence-corrected chi connectivity index (χ0v) is 11.1. The first-order chi connectivity index (χ1) is 9.43. The molecular weight excluding hydrogens is 275 g/mol. The Kier molecular flexibility index (Phi) is 4.20. The molecule has 0 fully saturated rings. The molecule has 0 radical (unpaired) electrons. The van der Waals surface area contributed by atoms with Crippen LogP contribution in [0.3, 0.4) is 0 Å². The van der Waals surface area contributed by atoms with Gasteiger partial charge < -0.3 is 10.1 Å². The smallest absolute Gasteiger partial charge is 0.435 e. The molecule has 0 aromatic carbocycles. The molecule has 2 rings (SSSR count). The Hall–Kier alpha value is -1.73. The number of ether oxygens (including phenoxy) is 1. The summed E-state index contributed by atoms with van der Waals surface area (Å²) in [7, 11) is 1.23. The first-order valence-corrected chi connectivity index (χ1v) is 6.41. The molecule has 1 aromatic rings. The topological polar surface area (TPSA) is 56.1 Å². The van der Waals surface area contributed by atoms with Crippen LogP contribution >= 0.6 is 0 Å². The van der Waals surface area contributed by atoms with Gasteiger partial charge in [-0.15, -0.1) is 0 Å². The quantitative estimate of drug-likeness (QED) is 0.928. The molecule has 0 saturated heterocycles. The van der Waals surface area contributed by atoms with Gasteiger partial charge in [-0.2, -0.15) is 18.3 Å². The molecule has 20 heavy (non-hydrogen) atoms. The van der Waals surface area contributed by atoms with Gasteiger partial charge in [0.15, 0.2) is 5.69 Å². The molecule has 0 atom stereocenters. The average molecular weight is 291 g/mol. The number of hydrogen-bond donors (Lipinski definition) is 1. The van der Waals surface area contributed by atoms with E-state index in [1.807, 2.05) is 0 Å². The maximum atomic E-state index is 12.9. The van der Waals surface area contributed by atoms with Crippen molar-refractivity contribution < 1.29 is 22.7 Å². The molecule has 1 aromatic heterocycles. The molecule has 1 heterocycles. The standard InChI is InChI=1S/C12H16F3N3O2/c1-20-11(19)16-6-7-18-9-5-3-2-4-8(9)10(17-18)12(13,14)15/h2-7H2,1H3,(H,16,19). The van der Waals surface area contributed by atoms with E-state index >= 15 is 0 Å². The van der Waals surface area contributed by atoms with Crippen LogP contribution in [-0.4, -0.2) is 29.5 Å². The van der Waals surface area contributed by atoms with E-state index in [0.717, 1.165) is 12.8 Å². The van der Waals surface area contributed by atoms with Crippen molar-refractivity contribution in [2.45, 2.75) is 38.4 Å². The summed E-state index contributed by atoms with van der Waals surface area (Å²) in [6, 6.07) is 0. The van der Waals surface area contributed by atoms with Gasteiger partial charge in [0, 0.05) is 17.8 Å². The van der Waals surface area contributed by atoms with Crippen LogP contribution in [-0.2, 0) is 30.3 Å². The van der Waals surface area contributed by atoms with E-state index in [1.165, 1.54) is 11.8 Å². The summed E-state index contributed by atoms with van der Waals surface area (Å²) in [5, 5.41) is 6.12. The third-order valence-electron chi connectivity index (χ3n) is 3.30. The monoisotopic (exact) mass is 291 g/mol. The molecule has 8 heteroatoms. The molecule has 0 unspecified atom stereocenters. The number of alkyl carbamates (subject to hydrolysis) is 1. The molecule has 1 amide bonds. The lowest BCUT2D eigenvalue weighted by Gasteiger charge is -2.14. The van der Waals surface area contributed by atoms with Gasteiger partial charge in [0.2, 0.25) is 0 Å². The molecule has 1 aliphatic carbocycles. The van der Waals surface area contributed by atoms with Gasteiger partial charge in [-0.1, -0.05) is 0 Å². The number of halogens is 3. The van der Waals surface area contributed by atoms with Crippen LogP contribution in [0.4, 0.5) is 18.0 Å². The molecule has 1 N–H and O–H groups in total. The maximum absolute atomic E-state index is 12.9. The number of alkyl halides is 3. The number of methoxy groups -OCH3 is 1. The number of amides is 1. The number of nitrogens with zero attached hydrogens (tertiary/aromatic N) is 2. The normalized spacial score (nSPS) is 14.8. The lowest BCUT2D eigenvalue weighted by atomic mass is 9.95. The number of aromatic nitrogens is 2. The number of nitrogens with one attached hydrogen (secondary N) is 1. The highest BCUT2D eigenvalue weighted by molar-refractivity contribution is 5.66. The third-order valence-corrected chi connectivity index (χ3v) is 3.30. The van der Waals surface area contributed by atoms with Crippen molar-refractivity contribution in [3.8, 4) is 0 Å². The van der Waals surface area contributed by atoms with Gasteiger partial charge in [-0.25, -0.2) is 4.79 Å². The number of hydrogen-bond acceptors (Lipinski definition) is 3. The van der Waals surface area contributed by atoms with Crippen LogP contribution in [0.15, 0.2) is 0 Å². The summed E-state index contributed by atoms with van der Waals surface area (Å²) in [6.07, 6.45) is -2.42. The van der Waals surface area contributed by atoms with Gasteiger partial charge in [-0.3, -0.25) is 4.68 Å². The lowest BCUT2D eigenvalue weighted by Crippen LogP contribution is -2.28. The molecule has 0 bridgehead atoms. The maximum Gasteiger partial charge on any atom is 0.435 e. The second-order valence-corrected chi connectivity index (χ2v) is 4.62. The van der Waals surface area contributed by atoms with Crippen molar-refractivity contribution >= 4 is 6.09 Å². The average Bonchev–Trinajstić information content (AvgIpc) is 2.78. The Morgan fingerprint density at radius 1 is 1.40 bits per heavy atom. The highest BCUT2D eigenvalue weighted by Gasteiger charge is 2.39. The molecule has 5 nitrogen and oxygen atoms in total. The van der Waals surface area contributed by atoms with Crippen LogP contribution in [0.1, 0.15) is 29.8 Å². The highest BCUT2D eigenvalue weighted by atomic mass is 19.4. The Labute approximate surface area is 114 Å². The lowest BCUT2D eigenvalue weighted by molar-refractivity contribution is -0.142. The van der Waals surface area contributed by atoms with E-state index in [0.29, 0.717) is 24.1 Å². The second kappa shape index (κ2) is 5.72. The third kappa shape index (κ3) is 3.05. The first-order valence-electron chi connectivity index (χ1n) is 6.41. The van der Waals surface area contributed by atoms with Crippen LogP contribution in [0, 0.1) is 0 Å². The molecule has 1 aliphatic rings. The van der Waals surface area contributed by atoms with E-state index in [4.69, 9.17) is 0 Å². The Morgan fingerprint density at radius 3 is 2.75 bits per heavy atom. The van der Waals surface area contributed by atoms with Crippen molar-refractivity contribution in [3.05, 3.63) is 17.0 Å². The van der Waals surface area contributed by atoms with E-state index in [-0.39, 0.29) is 13.1 Å². The van der Waals surface area contributed by atoms with Crippen molar-refractivity contribution in [3.63, 3.8) is 0 Å². The summed E-state index contributed by atoms with van der Waals surface area (Å²) in [5.74, 6) is 0. The van der Waals surface area contributed by atoms with Gasteiger partial charge in [-0.05, 0) is 25.7 Å². The highest BCUT2D eigenvalue weighted by Crippen LogP contribution is 2.35. The van der Waals surface area contributed by atoms with E-state index in [9.17, 15) is 18.0 Å².